The van der Waals surface area contributed by atoms with E-state index in [1.165, 1.54) is 4.70 Å². The van der Waals surface area contributed by atoms with Crippen molar-refractivity contribution in [2.24, 2.45) is 0 Å². The van der Waals surface area contributed by atoms with Crippen molar-refractivity contribution >= 4 is 38.8 Å². The van der Waals surface area contributed by atoms with E-state index < -0.39 is 0 Å². The van der Waals surface area contributed by atoms with E-state index in [1.54, 1.807) is 36.6 Å². The average molecular weight is 355 g/mol. The van der Waals surface area contributed by atoms with Gasteiger partial charge in [0.1, 0.15) is 5.75 Å². The van der Waals surface area contributed by atoms with Crippen LogP contribution in [-0.2, 0) is 11.2 Å². The lowest BCUT2D eigenvalue weighted by atomic mass is 10.2. The molecular formula is C19H21N3O2S. The fraction of sp³-hybridized carbons (Fsp3) is 0.263. The highest BCUT2D eigenvalue weighted by Crippen LogP contribution is 2.25. The van der Waals surface area contributed by atoms with Crippen LogP contribution in [0.15, 0.2) is 42.5 Å². The number of ether oxygens (including phenoxy) is 1. The Balaban J connectivity index is 1.44. The van der Waals surface area contributed by atoms with Crippen LogP contribution in [0.4, 0.5) is 11.4 Å². The minimum absolute atomic E-state index is 0.00568. The highest BCUT2D eigenvalue weighted by atomic mass is 32.1. The van der Waals surface area contributed by atoms with Gasteiger partial charge in [0.05, 0.1) is 28.0 Å². The molecule has 0 aliphatic rings. The number of unbranched alkanes of at least 4 members (excludes halogenated alkanes) is 1. The number of hydrogen-bond donors (Lipinski definition) is 2. The number of anilines is 2. The van der Waals surface area contributed by atoms with E-state index in [-0.39, 0.29) is 5.91 Å². The summed E-state index contributed by atoms with van der Waals surface area (Å²) in [4.78, 5) is 16.6. The van der Waals surface area contributed by atoms with Crippen molar-refractivity contribution in [1.29, 1.82) is 0 Å². The molecule has 0 atom stereocenters. The second-order valence-corrected chi connectivity index (χ2v) is 6.90. The summed E-state index contributed by atoms with van der Waals surface area (Å²) >= 11 is 1.73. The molecule has 0 saturated carbocycles. The quantitative estimate of drug-likeness (QED) is 0.491. The molecule has 25 heavy (non-hydrogen) atoms. The highest BCUT2D eigenvalue weighted by molar-refractivity contribution is 7.18. The maximum Gasteiger partial charge on any atom is 0.224 e. The molecule has 2 aromatic carbocycles. The number of benzene rings is 2. The second-order valence-electron chi connectivity index (χ2n) is 5.79. The molecule has 1 amide bonds. The summed E-state index contributed by atoms with van der Waals surface area (Å²) in [5.74, 6) is 0.600. The lowest BCUT2D eigenvalue weighted by Crippen LogP contribution is -2.11. The summed E-state index contributed by atoms with van der Waals surface area (Å²) in [6.07, 6.45) is 3.16. The molecule has 1 aromatic heterocycles. The SMILES string of the molecule is COc1ccc(NC(=O)CCCCc2nc3ccccc3s2)cc1N. The summed E-state index contributed by atoms with van der Waals surface area (Å²) in [6, 6.07) is 13.4. The van der Waals surface area contributed by atoms with E-state index in [2.05, 4.69) is 16.4 Å². The summed E-state index contributed by atoms with van der Waals surface area (Å²) in [6.45, 7) is 0. The Hall–Kier alpha value is -2.60. The summed E-state index contributed by atoms with van der Waals surface area (Å²) in [5, 5.41) is 4.00. The first-order chi connectivity index (χ1) is 12.2. The molecular weight excluding hydrogens is 334 g/mol. The van der Waals surface area contributed by atoms with Gasteiger partial charge < -0.3 is 15.8 Å². The van der Waals surface area contributed by atoms with Gasteiger partial charge in [-0.1, -0.05) is 12.1 Å². The molecule has 0 spiro atoms. The van der Waals surface area contributed by atoms with Crippen molar-refractivity contribution in [1.82, 2.24) is 4.98 Å². The Morgan fingerprint density at radius 2 is 2.08 bits per heavy atom. The zero-order valence-corrected chi connectivity index (χ0v) is 14.9. The Bertz CT molecular complexity index is 843. The largest absolute Gasteiger partial charge is 0.495 e. The highest BCUT2D eigenvalue weighted by Gasteiger charge is 2.07. The predicted molar refractivity (Wildman–Crippen MR) is 103 cm³/mol. The number of nitrogens with one attached hydrogen (secondary N) is 1. The third kappa shape index (κ3) is 4.48. The maximum absolute atomic E-state index is 12.0. The molecule has 130 valence electrons. The molecule has 0 radical (unpaired) electrons. The first-order valence-corrected chi connectivity index (χ1v) is 9.05. The molecule has 0 aliphatic heterocycles. The van der Waals surface area contributed by atoms with Crippen LogP contribution in [0.25, 0.3) is 10.2 Å². The van der Waals surface area contributed by atoms with E-state index in [4.69, 9.17) is 10.5 Å². The second kappa shape index (κ2) is 7.98. The lowest BCUT2D eigenvalue weighted by Gasteiger charge is -2.08. The number of nitrogens with two attached hydrogens (primary N) is 1. The number of nitrogens with zero attached hydrogens (tertiary/aromatic N) is 1. The van der Waals surface area contributed by atoms with Crippen LogP contribution in [0.1, 0.15) is 24.3 Å². The zero-order chi connectivity index (χ0) is 17.6. The van der Waals surface area contributed by atoms with Crippen molar-refractivity contribution < 1.29 is 9.53 Å². The van der Waals surface area contributed by atoms with Gasteiger partial charge in [0, 0.05) is 12.1 Å². The minimum atomic E-state index is -0.00568. The minimum Gasteiger partial charge on any atom is -0.495 e. The van der Waals surface area contributed by atoms with Gasteiger partial charge in [0.25, 0.3) is 0 Å². The zero-order valence-electron chi connectivity index (χ0n) is 14.1. The van der Waals surface area contributed by atoms with Crippen molar-refractivity contribution in [3.63, 3.8) is 0 Å². The molecule has 3 N–H and O–H groups in total. The summed E-state index contributed by atoms with van der Waals surface area (Å²) in [5.41, 5.74) is 8.10. The maximum atomic E-state index is 12.0. The number of carbonyl (C=O) groups excluding carboxylic acids is 1. The standard InChI is InChI=1S/C19H21N3O2S/c1-24-16-11-10-13(12-14(16)20)21-18(23)8-4-5-9-19-22-15-6-2-3-7-17(15)25-19/h2-3,6-7,10-12H,4-5,8-9,20H2,1H3,(H,21,23). The molecule has 0 aliphatic carbocycles. The number of thiazole rings is 1. The number of carbonyl (C=O) groups is 1. The average Bonchev–Trinajstić information content (AvgIpc) is 3.02. The number of para-hydroxylation sites is 1. The smallest absolute Gasteiger partial charge is 0.224 e. The van der Waals surface area contributed by atoms with E-state index in [1.807, 2.05) is 18.2 Å². The van der Waals surface area contributed by atoms with Crippen molar-refractivity contribution in [2.75, 3.05) is 18.2 Å². The van der Waals surface area contributed by atoms with Crippen LogP contribution < -0.4 is 15.8 Å². The van der Waals surface area contributed by atoms with Gasteiger partial charge >= 0.3 is 0 Å². The van der Waals surface area contributed by atoms with E-state index >= 15 is 0 Å². The number of fused-ring (bicyclic) bond motifs is 1. The number of aromatic nitrogens is 1. The molecule has 5 nitrogen and oxygen atoms in total. The van der Waals surface area contributed by atoms with Crippen LogP contribution in [0.2, 0.25) is 0 Å². The molecule has 0 bridgehead atoms. The third-order valence-electron chi connectivity index (χ3n) is 3.90. The fourth-order valence-electron chi connectivity index (χ4n) is 2.62. The Labute approximate surface area is 150 Å². The molecule has 0 fully saturated rings. The van der Waals surface area contributed by atoms with Gasteiger partial charge in [-0.15, -0.1) is 11.3 Å². The summed E-state index contributed by atoms with van der Waals surface area (Å²) in [7, 11) is 1.56. The monoisotopic (exact) mass is 355 g/mol. The molecule has 3 aromatic rings. The Morgan fingerprint density at radius 3 is 2.84 bits per heavy atom. The Morgan fingerprint density at radius 1 is 1.24 bits per heavy atom. The van der Waals surface area contributed by atoms with Gasteiger partial charge in [0.15, 0.2) is 0 Å². The molecule has 0 saturated heterocycles. The van der Waals surface area contributed by atoms with Gasteiger partial charge in [-0.2, -0.15) is 0 Å². The molecule has 3 rings (SSSR count). The molecule has 6 heteroatoms. The number of amides is 1. The number of nitrogen functional groups attached to an aromatic ring is 1. The van der Waals surface area contributed by atoms with E-state index in [9.17, 15) is 4.79 Å². The van der Waals surface area contributed by atoms with Gasteiger partial charge in [-0.05, 0) is 49.6 Å². The van der Waals surface area contributed by atoms with Crippen LogP contribution in [0.3, 0.4) is 0 Å². The van der Waals surface area contributed by atoms with Gasteiger partial charge in [-0.3, -0.25) is 4.79 Å². The van der Waals surface area contributed by atoms with Crippen molar-refractivity contribution in [2.45, 2.75) is 25.7 Å². The van der Waals surface area contributed by atoms with Crippen LogP contribution in [0.5, 0.6) is 5.75 Å². The van der Waals surface area contributed by atoms with Gasteiger partial charge in [0.2, 0.25) is 5.91 Å². The van der Waals surface area contributed by atoms with E-state index in [0.29, 0.717) is 23.5 Å². The lowest BCUT2D eigenvalue weighted by molar-refractivity contribution is -0.116. The van der Waals surface area contributed by atoms with Gasteiger partial charge in [-0.25, -0.2) is 4.98 Å². The third-order valence-corrected chi connectivity index (χ3v) is 4.99. The van der Waals surface area contributed by atoms with Crippen LogP contribution in [0, 0.1) is 0 Å². The van der Waals surface area contributed by atoms with Crippen LogP contribution >= 0.6 is 11.3 Å². The topological polar surface area (TPSA) is 77.2 Å². The number of hydrogen-bond acceptors (Lipinski definition) is 5. The fourth-order valence-corrected chi connectivity index (χ4v) is 3.63. The number of rotatable bonds is 7. The summed E-state index contributed by atoms with van der Waals surface area (Å²) < 4.78 is 6.32. The van der Waals surface area contributed by atoms with Crippen molar-refractivity contribution in [3.05, 3.63) is 47.5 Å². The Kier molecular flexibility index (Phi) is 5.50. The first kappa shape index (κ1) is 17.2. The molecule has 1 heterocycles. The number of aryl methyl sites for hydroxylation is 1. The normalized spacial score (nSPS) is 10.8. The van der Waals surface area contributed by atoms with E-state index in [0.717, 1.165) is 29.8 Å². The van der Waals surface area contributed by atoms with Crippen molar-refractivity contribution in [3.8, 4) is 5.75 Å². The first-order valence-electron chi connectivity index (χ1n) is 8.23. The predicted octanol–water partition coefficient (Wildman–Crippen LogP) is 4.24. The molecule has 0 unspecified atom stereocenters. The van der Waals surface area contributed by atoms with Crippen LogP contribution in [-0.4, -0.2) is 18.0 Å². The number of methoxy groups -OCH3 is 1.